The molecule has 9 rings (SSSR count). The van der Waals surface area contributed by atoms with Gasteiger partial charge in [-0.05, 0) is 86.4 Å². The van der Waals surface area contributed by atoms with Gasteiger partial charge in [0.2, 0.25) is 0 Å². The molecule has 66 heavy (non-hydrogen) atoms. The van der Waals surface area contributed by atoms with Gasteiger partial charge in [0.15, 0.2) is 18.9 Å². The second-order valence-electron chi connectivity index (χ2n) is 23.8. The van der Waals surface area contributed by atoms with E-state index in [1.165, 1.54) is 6.92 Å². The third-order valence-electron chi connectivity index (χ3n) is 20.0. The van der Waals surface area contributed by atoms with Gasteiger partial charge in [-0.15, -0.1) is 0 Å². The molecule has 0 aromatic heterocycles. The van der Waals surface area contributed by atoms with Crippen LogP contribution in [-0.4, -0.2) is 193 Å². The minimum atomic E-state index is -1.82. The van der Waals surface area contributed by atoms with Crippen molar-refractivity contribution < 1.29 is 89.3 Å². The number of rotatable bonds is 9. The Kier molecular flexibility index (Phi) is 12.9. The zero-order chi connectivity index (χ0) is 47.9. The number of aliphatic hydroxyl groups is 11. The summed E-state index contributed by atoms with van der Waals surface area (Å²) in [4.78, 5) is 0. The zero-order valence-corrected chi connectivity index (χ0v) is 39.5. The van der Waals surface area contributed by atoms with Gasteiger partial charge in [-0.25, -0.2) is 0 Å². The van der Waals surface area contributed by atoms with Crippen LogP contribution in [0.15, 0.2) is 12.2 Å². The van der Waals surface area contributed by atoms with E-state index in [0.717, 1.165) is 38.5 Å². The lowest BCUT2D eigenvalue weighted by Gasteiger charge is -2.73. The smallest absolute Gasteiger partial charge is 0.187 e. The fraction of sp³-hybridized carbons (Fsp3) is 0.958. The molecule has 9 aliphatic rings. The summed E-state index contributed by atoms with van der Waals surface area (Å²) < 4.78 is 42.5. The van der Waals surface area contributed by atoms with Crippen molar-refractivity contribution >= 4 is 0 Å². The van der Waals surface area contributed by atoms with Gasteiger partial charge < -0.3 is 89.3 Å². The van der Waals surface area contributed by atoms with Crippen LogP contribution in [-0.2, 0) is 33.2 Å². The molecule has 4 saturated carbocycles. The fourth-order valence-electron chi connectivity index (χ4n) is 15.7. The fourth-order valence-corrected chi connectivity index (χ4v) is 15.7. The third-order valence-corrected chi connectivity index (χ3v) is 20.0. The molecule has 0 aromatic carbocycles. The first-order valence-corrected chi connectivity index (χ1v) is 24.5. The molecule has 4 saturated heterocycles. The molecule has 26 atom stereocenters. The highest BCUT2D eigenvalue weighted by Gasteiger charge is 2.79. The number of aliphatic hydroxyl groups excluding tert-OH is 11. The summed E-state index contributed by atoms with van der Waals surface area (Å²) in [5.74, 6) is 0.278. The monoisotopic (exact) mass is 943 g/mol. The van der Waals surface area contributed by atoms with Crippen molar-refractivity contribution in [2.45, 2.75) is 210 Å². The van der Waals surface area contributed by atoms with Crippen LogP contribution < -0.4 is 0 Å². The van der Waals surface area contributed by atoms with Gasteiger partial charge in [0.05, 0.1) is 50.3 Å². The molecule has 0 aromatic rings. The molecule has 0 radical (unpaired) electrons. The maximum atomic E-state index is 12.2. The predicted molar refractivity (Wildman–Crippen MR) is 229 cm³/mol. The number of ether oxygens (including phenoxy) is 7. The summed E-state index contributed by atoms with van der Waals surface area (Å²) in [6.07, 6.45) is -13.1. The molecule has 1 spiro atoms. The summed E-state index contributed by atoms with van der Waals surface area (Å²) in [5.41, 5.74) is -2.27. The predicted octanol–water partition coefficient (Wildman–Crippen LogP) is -0.399. The van der Waals surface area contributed by atoms with E-state index in [-0.39, 0.29) is 51.4 Å². The molecule has 18 nitrogen and oxygen atoms in total. The van der Waals surface area contributed by atoms with Gasteiger partial charge >= 0.3 is 0 Å². The quantitative estimate of drug-likeness (QED) is 0.104. The van der Waals surface area contributed by atoms with Gasteiger partial charge in [0.1, 0.15) is 67.1 Å². The Bertz CT molecular complexity index is 1800. The molecule has 4 heterocycles. The number of hydrogen-bond acceptors (Lipinski definition) is 18. The topological polar surface area (TPSA) is 287 Å². The normalized spacial score (nSPS) is 58.8. The van der Waals surface area contributed by atoms with E-state index in [4.69, 9.17) is 33.2 Å². The van der Waals surface area contributed by atoms with E-state index >= 15 is 0 Å². The average molecular weight is 943 g/mol. The SMILES string of the molecule is C[C@@H]1O[C@H](O[C@H]2[C@H](O)[C@@H](O)[C@H](OC[C@H]3O[C@@H](O[C@H]4CC[C@@]5(C)[C@H](CC[C@]6(C)[C@H]5C=C[C@@]57OC[C@@]8(CCC(C)(C)C[C@@H]85)[C@@H](O)C[C@]67C)[C@]4(C)CO)[C@H](O)[C@@H](O)[C@@H]3O)O[C@@H]2CO)[C@H](O)[C@H](O)[C@H]1O. The molecule has 2 bridgehead atoms. The molecule has 5 aliphatic carbocycles. The summed E-state index contributed by atoms with van der Waals surface area (Å²) in [6.45, 7) is 14.3. The van der Waals surface area contributed by atoms with Crippen LogP contribution in [0.5, 0.6) is 0 Å². The number of fused-ring (bicyclic) bond motifs is 4. The number of allylic oxidation sites excluding steroid dienone is 1. The molecule has 18 heteroatoms. The summed E-state index contributed by atoms with van der Waals surface area (Å²) in [6, 6.07) is 0. The van der Waals surface area contributed by atoms with Crippen LogP contribution in [0, 0.1) is 50.2 Å². The highest BCUT2D eigenvalue weighted by Crippen LogP contribution is 2.79. The molecule has 378 valence electrons. The first-order valence-electron chi connectivity index (χ1n) is 24.5. The van der Waals surface area contributed by atoms with Crippen molar-refractivity contribution in [2.75, 3.05) is 26.4 Å². The minimum Gasteiger partial charge on any atom is -0.396 e. The van der Waals surface area contributed by atoms with Gasteiger partial charge in [0.25, 0.3) is 0 Å². The van der Waals surface area contributed by atoms with E-state index < -0.39 is 129 Å². The first kappa shape index (κ1) is 50.0. The zero-order valence-electron chi connectivity index (χ0n) is 39.5. The summed E-state index contributed by atoms with van der Waals surface area (Å²) >= 11 is 0. The average Bonchev–Trinajstić information content (AvgIpc) is 3.55. The largest absolute Gasteiger partial charge is 0.396 e. The Morgan fingerprint density at radius 2 is 1.29 bits per heavy atom. The lowest BCUT2D eigenvalue weighted by molar-refractivity contribution is -0.365. The van der Waals surface area contributed by atoms with Crippen molar-refractivity contribution in [3.05, 3.63) is 12.2 Å². The maximum absolute atomic E-state index is 12.2. The van der Waals surface area contributed by atoms with Crippen molar-refractivity contribution in [3.63, 3.8) is 0 Å². The van der Waals surface area contributed by atoms with Gasteiger partial charge in [-0.3, -0.25) is 0 Å². The lowest BCUT2D eigenvalue weighted by atomic mass is 9.32. The first-order chi connectivity index (χ1) is 30.9. The van der Waals surface area contributed by atoms with Crippen LogP contribution in [0.1, 0.15) is 99.8 Å². The van der Waals surface area contributed by atoms with Crippen LogP contribution in [0.2, 0.25) is 0 Å². The van der Waals surface area contributed by atoms with Crippen LogP contribution in [0.25, 0.3) is 0 Å². The van der Waals surface area contributed by atoms with Crippen molar-refractivity contribution in [1.82, 2.24) is 0 Å². The Hall–Kier alpha value is -0.980. The molecule has 0 unspecified atom stereocenters. The molecule has 0 amide bonds. The van der Waals surface area contributed by atoms with Crippen molar-refractivity contribution in [2.24, 2.45) is 50.2 Å². The van der Waals surface area contributed by atoms with Crippen LogP contribution in [0.3, 0.4) is 0 Å². The molecule has 11 N–H and O–H groups in total. The Morgan fingerprint density at radius 3 is 1.97 bits per heavy atom. The lowest BCUT2D eigenvalue weighted by Crippen LogP contribution is -2.72. The second kappa shape index (κ2) is 17.1. The van der Waals surface area contributed by atoms with Gasteiger partial charge in [-0.1, -0.05) is 53.7 Å². The summed E-state index contributed by atoms with van der Waals surface area (Å²) in [5, 5.41) is 120. The van der Waals surface area contributed by atoms with E-state index in [1.807, 2.05) is 6.92 Å². The van der Waals surface area contributed by atoms with Crippen LogP contribution in [0.4, 0.5) is 0 Å². The van der Waals surface area contributed by atoms with Crippen LogP contribution >= 0.6 is 0 Å². The maximum Gasteiger partial charge on any atom is 0.187 e. The Labute approximate surface area is 387 Å². The standard InChI is InChI=1S/C48H78O18/c1-22-30(52)32(54)35(57)40(62-22)66-38-23(18-49)63-39(37(59)34(38)56)60-19-24-31(53)33(55)36(58)41(64-24)65-29-10-11-43(4)25(44(29,5)20-50)8-12-45(6)26(43)9-13-48-27-16-42(2,3)14-15-47(27,21-61-48)28(51)17-46(45,48)7/h9,13,22-41,49-59H,8,10-12,14-21H2,1-7H3/t22-,23+,24+,25-,26-,27-,28-,29-,30-,31+,32+,33-,34+,35+,36+,37+,38+,39+,40+,41-,43-,44-,45+,46+,47+,48+/m0/s1. The van der Waals surface area contributed by atoms with Crippen molar-refractivity contribution in [1.29, 1.82) is 0 Å². The van der Waals surface area contributed by atoms with E-state index in [2.05, 4.69) is 46.8 Å². The summed E-state index contributed by atoms with van der Waals surface area (Å²) in [7, 11) is 0. The molecule has 8 fully saturated rings. The van der Waals surface area contributed by atoms with Crippen molar-refractivity contribution in [3.8, 4) is 0 Å². The second-order valence-corrected chi connectivity index (χ2v) is 23.8. The van der Waals surface area contributed by atoms with Gasteiger partial charge in [-0.2, -0.15) is 0 Å². The Morgan fingerprint density at radius 1 is 0.636 bits per heavy atom. The number of hydrogen-bond donors (Lipinski definition) is 11. The highest BCUT2D eigenvalue weighted by atomic mass is 16.8. The molecular formula is C48H78O18. The molecule has 4 aliphatic heterocycles. The molecular weight excluding hydrogens is 865 g/mol. The minimum absolute atomic E-state index is 0.0353. The highest BCUT2D eigenvalue weighted by molar-refractivity contribution is 5.36. The van der Waals surface area contributed by atoms with Gasteiger partial charge in [0, 0.05) is 22.2 Å². The van der Waals surface area contributed by atoms with E-state index in [0.29, 0.717) is 19.4 Å². The third kappa shape index (κ3) is 7.08. The Balaban J connectivity index is 0.888. The van der Waals surface area contributed by atoms with E-state index in [1.54, 1.807) is 0 Å². The van der Waals surface area contributed by atoms with E-state index in [9.17, 15) is 56.2 Å².